The molecule has 0 saturated carbocycles. The summed E-state index contributed by atoms with van der Waals surface area (Å²) in [5.74, 6) is 1.13. The Labute approximate surface area is 132 Å². The van der Waals surface area contributed by atoms with Gasteiger partial charge in [-0.3, -0.25) is 0 Å². The number of aryl methyl sites for hydroxylation is 1. The van der Waals surface area contributed by atoms with Crippen LogP contribution in [0.3, 0.4) is 0 Å². The molecule has 0 amide bonds. The Morgan fingerprint density at radius 3 is 2.67 bits per heavy atom. The Kier molecular flexibility index (Phi) is 4.24. The largest absolute Gasteiger partial charge is 0.458 e. The van der Waals surface area contributed by atoms with Gasteiger partial charge in [0.25, 0.3) is 0 Å². The van der Waals surface area contributed by atoms with Gasteiger partial charge in [-0.15, -0.1) is 11.8 Å². The van der Waals surface area contributed by atoms with Gasteiger partial charge in [0, 0.05) is 21.1 Å². The van der Waals surface area contributed by atoms with Crippen molar-refractivity contribution in [1.82, 2.24) is 0 Å². The van der Waals surface area contributed by atoms with E-state index in [-0.39, 0.29) is 0 Å². The van der Waals surface area contributed by atoms with Crippen molar-refractivity contribution < 1.29 is 9.52 Å². The molecule has 1 unspecified atom stereocenters. The quantitative estimate of drug-likeness (QED) is 0.669. The summed E-state index contributed by atoms with van der Waals surface area (Å²) in [4.78, 5) is 1.14. The minimum atomic E-state index is -0.637. The van der Waals surface area contributed by atoms with Crippen molar-refractivity contribution in [3.63, 3.8) is 0 Å². The van der Waals surface area contributed by atoms with Gasteiger partial charge in [0.05, 0.1) is 0 Å². The molecule has 0 aliphatic heterocycles. The molecule has 1 atom stereocenters. The van der Waals surface area contributed by atoms with Crippen LogP contribution in [0.1, 0.15) is 17.4 Å². The van der Waals surface area contributed by atoms with Crippen LogP contribution in [0.5, 0.6) is 0 Å². The zero-order valence-electron chi connectivity index (χ0n) is 11.5. The average Bonchev–Trinajstić information content (AvgIpc) is 2.89. The smallest absolute Gasteiger partial charge is 0.134 e. The van der Waals surface area contributed by atoms with Crippen LogP contribution in [0, 0.1) is 6.92 Å². The summed E-state index contributed by atoms with van der Waals surface area (Å²) in [7, 11) is 0. The fraction of sp³-hybridized carbons (Fsp3) is 0.176. The Morgan fingerprint density at radius 1 is 1.14 bits per heavy atom. The first kappa shape index (κ1) is 14.5. The van der Waals surface area contributed by atoms with E-state index in [1.54, 1.807) is 17.8 Å². The maximum atomic E-state index is 10.3. The van der Waals surface area contributed by atoms with Gasteiger partial charge in [0.2, 0.25) is 0 Å². The Bertz CT molecular complexity index is 749. The number of furan rings is 1. The molecule has 3 aromatic rings. The molecular formula is C17H15ClO2S. The van der Waals surface area contributed by atoms with Crippen LogP contribution in [-0.4, -0.2) is 10.9 Å². The molecule has 0 radical (unpaired) electrons. The highest BCUT2D eigenvalue weighted by Gasteiger charge is 2.14. The maximum absolute atomic E-state index is 10.3. The first-order valence-corrected chi connectivity index (χ1v) is 8.05. The van der Waals surface area contributed by atoms with Crippen molar-refractivity contribution in [2.24, 2.45) is 0 Å². The number of aliphatic hydroxyl groups is 1. The molecule has 0 spiro atoms. The van der Waals surface area contributed by atoms with Gasteiger partial charge in [0.1, 0.15) is 17.4 Å². The Morgan fingerprint density at radius 2 is 1.90 bits per heavy atom. The molecule has 1 aromatic heterocycles. The average molecular weight is 319 g/mol. The molecule has 3 rings (SSSR count). The Balaban J connectivity index is 1.71. The van der Waals surface area contributed by atoms with Crippen LogP contribution in [0.15, 0.2) is 57.8 Å². The van der Waals surface area contributed by atoms with Gasteiger partial charge < -0.3 is 9.52 Å². The first-order chi connectivity index (χ1) is 10.1. The summed E-state index contributed by atoms with van der Waals surface area (Å²) in [6.45, 7) is 2.06. The summed E-state index contributed by atoms with van der Waals surface area (Å²) >= 11 is 7.56. The highest BCUT2D eigenvalue weighted by molar-refractivity contribution is 7.99. The number of hydrogen-bond acceptors (Lipinski definition) is 3. The number of benzene rings is 2. The summed E-state index contributed by atoms with van der Waals surface area (Å²) in [6.07, 6.45) is -0.637. The molecule has 21 heavy (non-hydrogen) atoms. The molecule has 2 aromatic carbocycles. The van der Waals surface area contributed by atoms with Crippen LogP contribution in [0.2, 0.25) is 5.02 Å². The third-order valence-corrected chi connectivity index (χ3v) is 4.58. The second kappa shape index (κ2) is 6.14. The molecule has 0 aliphatic carbocycles. The van der Waals surface area contributed by atoms with Gasteiger partial charge >= 0.3 is 0 Å². The number of halogens is 1. The van der Waals surface area contributed by atoms with E-state index in [9.17, 15) is 5.11 Å². The summed E-state index contributed by atoms with van der Waals surface area (Å²) in [6, 6.07) is 15.5. The molecule has 0 aliphatic rings. The van der Waals surface area contributed by atoms with Crippen molar-refractivity contribution in [1.29, 1.82) is 0 Å². The molecule has 1 N–H and O–H groups in total. The molecule has 0 bridgehead atoms. The minimum Gasteiger partial charge on any atom is -0.458 e. The summed E-state index contributed by atoms with van der Waals surface area (Å²) in [5, 5.41) is 11.8. The molecule has 0 fully saturated rings. The van der Waals surface area contributed by atoms with Gasteiger partial charge in [-0.1, -0.05) is 29.3 Å². The topological polar surface area (TPSA) is 33.4 Å². The highest BCUT2D eigenvalue weighted by atomic mass is 35.5. The van der Waals surface area contributed by atoms with Crippen molar-refractivity contribution in [2.75, 3.05) is 5.75 Å². The molecule has 1 heterocycles. The normalized spacial score (nSPS) is 12.7. The standard InChI is InChI=1S/C17H15ClO2S/c1-11-2-5-14(6-3-11)21-10-15(19)17-9-12-8-13(18)4-7-16(12)20-17/h2-9,15,19H,10H2,1H3. The Hall–Kier alpha value is -1.42. The van der Waals surface area contributed by atoms with Gasteiger partial charge in [-0.2, -0.15) is 0 Å². The predicted molar refractivity (Wildman–Crippen MR) is 88.1 cm³/mol. The van der Waals surface area contributed by atoms with E-state index in [0.29, 0.717) is 16.5 Å². The van der Waals surface area contributed by atoms with Crippen LogP contribution >= 0.6 is 23.4 Å². The lowest BCUT2D eigenvalue weighted by Crippen LogP contribution is -1.98. The van der Waals surface area contributed by atoms with Crippen molar-refractivity contribution in [3.8, 4) is 0 Å². The van der Waals surface area contributed by atoms with Crippen molar-refractivity contribution in [2.45, 2.75) is 17.9 Å². The fourth-order valence-electron chi connectivity index (χ4n) is 2.09. The van der Waals surface area contributed by atoms with E-state index in [2.05, 4.69) is 31.2 Å². The van der Waals surface area contributed by atoms with E-state index >= 15 is 0 Å². The number of aliphatic hydroxyl groups excluding tert-OH is 1. The summed E-state index contributed by atoms with van der Waals surface area (Å²) < 4.78 is 5.67. The van der Waals surface area contributed by atoms with E-state index in [1.807, 2.05) is 18.2 Å². The third kappa shape index (κ3) is 3.43. The molecule has 2 nitrogen and oxygen atoms in total. The van der Waals surface area contributed by atoms with E-state index in [0.717, 1.165) is 15.9 Å². The van der Waals surface area contributed by atoms with Gasteiger partial charge in [-0.05, 0) is 43.3 Å². The van der Waals surface area contributed by atoms with E-state index < -0.39 is 6.10 Å². The number of hydrogen-bond donors (Lipinski definition) is 1. The number of fused-ring (bicyclic) bond motifs is 1. The monoisotopic (exact) mass is 318 g/mol. The second-order valence-corrected chi connectivity index (χ2v) is 6.50. The van der Waals surface area contributed by atoms with Crippen LogP contribution < -0.4 is 0 Å². The number of thioether (sulfide) groups is 1. The SMILES string of the molecule is Cc1ccc(SCC(O)c2cc3cc(Cl)ccc3o2)cc1. The molecular weight excluding hydrogens is 304 g/mol. The first-order valence-electron chi connectivity index (χ1n) is 6.68. The molecule has 4 heteroatoms. The lowest BCUT2D eigenvalue weighted by atomic mass is 10.2. The van der Waals surface area contributed by atoms with Crippen molar-refractivity contribution >= 4 is 34.3 Å². The van der Waals surface area contributed by atoms with Gasteiger partial charge in [-0.25, -0.2) is 0 Å². The lowest BCUT2D eigenvalue weighted by molar-refractivity contribution is 0.177. The number of rotatable bonds is 4. The van der Waals surface area contributed by atoms with Crippen LogP contribution in [-0.2, 0) is 0 Å². The second-order valence-electron chi connectivity index (χ2n) is 4.97. The lowest BCUT2D eigenvalue weighted by Gasteiger charge is -2.07. The predicted octanol–water partition coefficient (Wildman–Crippen LogP) is 5.22. The molecule has 0 saturated heterocycles. The zero-order chi connectivity index (χ0) is 14.8. The van der Waals surface area contributed by atoms with Gasteiger partial charge in [0.15, 0.2) is 0 Å². The highest BCUT2D eigenvalue weighted by Crippen LogP contribution is 2.30. The van der Waals surface area contributed by atoms with Crippen LogP contribution in [0.4, 0.5) is 0 Å². The third-order valence-electron chi connectivity index (χ3n) is 3.25. The van der Waals surface area contributed by atoms with Crippen LogP contribution in [0.25, 0.3) is 11.0 Å². The fourth-order valence-corrected chi connectivity index (χ4v) is 3.11. The minimum absolute atomic E-state index is 0.552. The van der Waals surface area contributed by atoms with E-state index in [1.165, 1.54) is 5.56 Å². The zero-order valence-corrected chi connectivity index (χ0v) is 13.1. The molecule has 108 valence electrons. The van der Waals surface area contributed by atoms with Crippen molar-refractivity contribution in [3.05, 3.63) is 64.9 Å². The maximum Gasteiger partial charge on any atom is 0.134 e. The van der Waals surface area contributed by atoms with E-state index in [4.69, 9.17) is 16.0 Å². The summed E-state index contributed by atoms with van der Waals surface area (Å²) in [5.41, 5.74) is 1.97.